The van der Waals surface area contributed by atoms with Crippen molar-refractivity contribution in [3.63, 3.8) is 0 Å². The van der Waals surface area contributed by atoms with Gasteiger partial charge in [-0.15, -0.1) is 0 Å². The van der Waals surface area contributed by atoms with E-state index >= 15 is 0 Å². The number of benzene rings is 1. The van der Waals surface area contributed by atoms with Crippen molar-refractivity contribution in [2.45, 2.75) is 77.2 Å². The van der Waals surface area contributed by atoms with Crippen molar-refractivity contribution in [1.82, 2.24) is 24.2 Å². The largest absolute Gasteiger partial charge is 0.416 e. The van der Waals surface area contributed by atoms with E-state index in [2.05, 4.69) is 5.10 Å². The molecule has 2 aliphatic rings. The Hall–Kier alpha value is -3.38. The molecule has 1 saturated carbocycles. The first-order valence-electron chi connectivity index (χ1n) is 13.8. The van der Waals surface area contributed by atoms with Crippen LogP contribution in [0.5, 0.6) is 0 Å². The first kappa shape index (κ1) is 28.2. The van der Waals surface area contributed by atoms with Crippen LogP contribution in [-0.2, 0) is 23.2 Å². The SMILES string of the molecule is CCCN1C(=O)c2c(nc(-c3cnn(Cc4cccc(C(F)(F)F)c4)c3)n2C2(OC)CCCCC2)N(CC)C1O. The first-order chi connectivity index (χ1) is 19.1. The second-order valence-corrected chi connectivity index (χ2v) is 10.4. The Morgan fingerprint density at radius 1 is 1.15 bits per heavy atom. The number of anilines is 1. The van der Waals surface area contributed by atoms with Crippen molar-refractivity contribution in [2.75, 3.05) is 25.1 Å². The molecule has 12 heteroatoms. The van der Waals surface area contributed by atoms with Gasteiger partial charge in [-0.05, 0) is 56.7 Å². The zero-order valence-corrected chi connectivity index (χ0v) is 23.0. The lowest BCUT2D eigenvalue weighted by Gasteiger charge is -2.43. The molecule has 216 valence electrons. The van der Waals surface area contributed by atoms with Gasteiger partial charge in [0.25, 0.3) is 5.91 Å². The predicted molar refractivity (Wildman–Crippen MR) is 142 cm³/mol. The van der Waals surface area contributed by atoms with Crippen molar-refractivity contribution >= 4 is 11.7 Å². The number of alkyl halides is 3. The van der Waals surface area contributed by atoms with Crippen molar-refractivity contribution in [3.8, 4) is 11.4 Å². The molecule has 1 atom stereocenters. The van der Waals surface area contributed by atoms with Crippen LogP contribution in [0.3, 0.4) is 0 Å². The summed E-state index contributed by atoms with van der Waals surface area (Å²) in [5.74, 6) is 0.544. The van der Waals surface area contributed by atoms with Crippen molar-refractivity contribution in [3.05, 3.63) is 53.5 Å². The van der Waals surface area contributed by atoms with Gasteiger partial charge in [0.2, 0.25) is 6.35 Å². The highest BCUT2D eigenvalue weighted by Gasteiger charge is 2.46. The van der Waals surface area contributed by atoms with E-state index in [0.717, 1.165) is 31.4 Å². The zero-order chi connectivity index (χ0) is 28.7. The van der Waals surface area contributed by atoms with E-state index < -0.39 is 23.8 Å². The standard InChI is InChI=1S/C28H35F3N6O3/c1-4-14-36-25(38)22-24(35(5-2)26(36)39)33-23(37(22)27(40-3)12-7-6-8-13-27)20-16-32-34(18-20)17-19-10-9-11-21(15-19)28(29,30)31/h9-11,15-16,18,26,39H,4-8,12-14,17H2,1-3H3. The van der Waals surface area contributed by atoms with Crippen molar-refractivity contribution in [2.24, 2.45) is 0 Å². The number of aliphatic hydroxyl groups is 1. The molecule has 9 nitrogen and oxygen atoms in total. The van der Waals surface area contributed by atoms with Gasteiger partial charge in [-0.2, -0.15) is 18.3 Å². The third-order valence-corrected chi connectivity index (χ3v) is 7.87. The molecule has 3 heterocycles. The minimum atomic E-state index is -4.43. The number of carbonyl (C=O) groups excluding carboxylic acids is 1. The van der Waals surface area contributed by atoms with Gasteiger partial charge < -0.3 is 14.7 Å². The summed E-state index contributed by atoms with van der Waals surface area (Å²) in [6.07, 6.45) is 2.69. The Labute approximate surface area is 231 Å². The third-order valence-electron chi connectivity index (χ3n) is 7.87. The molecule has 1 aliphatic carbocycles. The summed E-state index contributed by atoms with van der Waals surface area (Å²) in [6.45, 7) is 4.78. The number of imidazole rings is 1. The molecule has 5 rings (SSSR count). The maximum Gasteiger partial charge on any atom is 0.416 e. The predicted octanol–water partition coefficient (Wildman–Crippen LogP) is 5.05. The van der Waals surface area contributed by atoms with Crippen LogP contribution in [-0.4, -0.2) is 61.8 Å². The summed E-state index contributed by atoms with van der Waals surface area (Å²) in [4.78, 5) is 22.0. The van der Waals surface area contributed by atoms with Gasteiger partial charge in [0.05, 0.1) is 23.9 Å². The molecule has 1 fully saturated rings. The second-order valence-electron chi connectivity index (χ2n) is 10.4. The molecule has 0 radical (unpaired) electrons. The zero-order valence-electron chi connectivity index (χ0n) is 23.0. The van der Waals surface area contributed by atoms with Crippen LogP contribution in [0.4, 0.5) is 19.0 Å². The van der Waals surface area contributed by atoms with E-state index in [4.69, 9.17) is 9.72 Å². The minimum absolute atomic E-state index is 0.128. The number of nitrogens with zero attached hydrogens (tertiary/aromatic N) is 6. The summed E-state index contributed by atoms with van der Waals surface area (Å²) < 4.78 is 49.3. The smallest absolute Gasteiger partial charge is 0.358 e. The summed E-state index contributed by atoms with van der Waals surface area (Å²) in [5, 5.41) is 15.5. The van der Waals surface area contributed by atoms with E-state index in [9.17, 15) is 23.1 Å². The van der Waals surface area contributed by atoms with Crippen LogP contribution >= 0.6 is 0 Å². The van der Waals surface area contributed by atoms with Gasteiger partial charge in [-0.25, -0.2) is 4.98 Å². The summed E-state index contributed by atoms with van der Waals surface area (Å²) in [5.41, 5.74) is -0.104. The molecule has 40 heavy (non-hydrogen) atoms. The number of methoxy groups -OCH3 is 1. The number of aliphatic hydroxyl groups excluding tert-OH is 1. The molecule has 0 spiro atoms. The number of aromatic nitrogens is 4. The number of amides is 1. The Morgan fingerprint density at radius 2 is 1.90 bits per heavy atom. The average molecular weight is 561 g/mol. The lowest BCUT2D eigenvalue weighted by atomic mass is 9.90. The topological polar surface area (TPSA) is 88.7 Å². The Kier molecular flexibility index (Phi) is 7.66. The molecule has 0 saturated heterocycles. The van der Waals surface area contributed by atoms with Gasteiger partial charge in [-0.1, -0.05) is 25.5 Å². The number of fused-ring (bicyclic) bond motifs is 1. The Morgan fingerprint density at radius 3 is 2.55 bits per heavy atom. The van der Waals surface area contributed by atoms with Gasteiger partial charge in [0, 0.05) is 26.4 Å². The molecule has 0 bridgehead atoms. The number of hydrogen-bond donors (Lipinski definition) is 1. The Balaban J connectivity index is 1.62. The van der Waals surface area contributed by atoms with Crippen LogP contribution in [0.25, 0.3) is 11.4 Å². The van der Waals surface area contributed by atoms with E-state index in [-0.39, 0.29) is 12.5 Å². The number of carbonyl (C=O) groups is 1. The number of hydrogen-bond acceptors (Lipinski definition) is 6. The first-order valence-corrected chi connectivity index (χ1v) is 13.8. The van der Waals surface area contributed by atoms with Crippen LogP contribution in [0.15, 0.2) is 36.7 Å². The fraction of sp³-hybridized carbons (Fsp3) is 0.536. The van der Waals surface area contributed by atoms with Gasteiger partial charge in [-0.3, -0.25) is 18.9 Å². The molecule has 2 aromatic heterocycles. The summed E-state index contributed by atoms with van der Waals surface area (Å²) >= 11 is 0. The van der Waals surface area contributed by atoms with E-state index in [0.29, 0.717) is 60.8 Å². The van der Waals surface area contributed by atoms with Crippen LogP contribution in [0.2, 0.25) is 0 Å². The molecule has 1 aliphatic heterocycles. The maximum atomic E-state index is 13.9. The quantitative estimate of drug-likeness (QED) is 0.415. The Bertz CT molecular complexity index is 1360. The summed E-state index contributed by atoms with van der Waals surface area (Å²) in [6, 6.07) is 5.16. The lowest BCUT2D eigenvalue weighted by molar-refractivity contribution is -0.137. The van der Waals surface area contributed by atoms with Crippen molar-refractivity contribution in [1.29, 1.82) is 0 Å². The van der Waals surface area contributed by atoms with Crippen LogP contribution < -0.4 is 4.90 Å². The number of halogens is 3. The second kappa shape index (κ2) is 10.9. The third kappa shape index (κ3) is 4.87. The highest BCUT2D eigenvalue weighted by Crippen LogP contribution is 2.44. The van der Waals surface area contributed by atoms with Gasteiger partial charge >= 0.3 is 6.18 Å². The number of rotatable bonds is 8. The van der Waals surface area contributed by atoms with Crippen LogP contribution in [0.1, 0.15) is 74.0 Å². The molecule has 1 amide bonds. The van der Waals surface area contributed by atoms with Crippen LogP contribution in [0, 0.1) is 0 Å². The van der Waals surface area contributed by atoms with E-state index in [1.165, 1.54) is 11.0 Å². The van der Waals surface area contributed by atoms with Gasteiger partial charge in [0.15, 0.2) is 11.5 Å². The van der Waals surface area contributed by atoms with E-state index in [1.54, 1.807) is 35.2 Å². The van der Waals surface area contributed by atoms with Crippen molar-refractivity contribution < 1.29 is 27.8 Å². The molecule has 1 aromatic carbocycles. The maximum absolute atomic E-state index is 13.9. The van der Waals surface area contributed by atoms with Gasteiger partial charge in [0.1, 0.15) is 11.5 Å². The fourth-order valence-electron chi connectivity index (χ4n) is 5.90. The summed E-state index contributed by atoms with van der Waals surface area (Å²) in [7, 11) is 1.64. The van der Waals surface area contributed by atoms with E-state index in [1.807, 2.05) is 18.4 Å². The molecule has 1 unspecified atom stereocenters. The monoisotopic (exact) mass is 560 g/mol. The normalized spacial score (nSPS) is 19.3. The highest BCUT2D eigenvalue weighted by molar-refractivity contribution is 6.00. The molecular formula is C28H35F3N6O3. The minimum Gasteiger partial charge on any atom is -0.358 e. The number of ether oxygens (including phenoxy) is 1. The highest BCUT2D eigenvalue weighted by atomic mass is 19.4. The lowest BCUT2D eigenvalue weighted by Crippen LogP contribution is -2.56. The molecule has 3 aromatic rings. The average Bonchev–Trinajstić information content (AvgIpc) is 3.57. The fourth-order valence-corrected chi connectivity index (χ4v) is 5.90. The molecular weight excluding hydrogens is 525 g/mol. The molecule has 1 N–H and O–H groups in total.